The number of hydrogen-bond acceptors (Lipinski definition) is 1. The zero-order valence-corrected chi connectivity index (χ0v) is 9.88. The highest BCUT2D eigenvalue weighted by Crippen LogP contribution is 2.20. The van der Waals surface area contributed by atoms with Gasteiger partial charge in [0.25, 0.3) is 0 Å². The van der Waals surface area contributed by atoms with Crippen LogP contribution in [0.25, 0.3) is 0 Å². The molecule has 0 saturated carbocycles. The molecular formula is C14H20FN. The number of nitrogens with one attached hydrogen (secondary N) is 1. The van der Waals surface area contributed by atoms with E-state index in [1.807, 2.05) is 12.1 Å². The molecule has 0 aromatic heterocycles. The Morgan fingerprint density at radius 3 is 2.81 bits per heavy atom. The van der Waals surface area contributed by atoms with Crippen molar-refractivity contribution in [2.45, 2.75) is 38.6 Å². The first-order chi connectivity index (χ1) is 7.75. The molecule has 1 N–H and O–H groups in total. The molecule has 1 fully saturated rings. The minimum atomic E-state index is -0.0559. The molecule has 1 saturated heterocycles. The third-order valence-electron chi connectivity index (χ3n) is 3.54. The zero-order chi connectivity index (χ0) is 11.4. The molecule has 1 aliphatic heterocycles. The van der Waals surface area contributed by atoms with E-state index >= 15 is 0 Å². The fraction of sp³-hybridized carbons (Fsp3) is 0.571. The molecule has 2 unspecified atom stereocenters. The van der Waals surface area contributed by atoms with Gasteiger partial charge in [-0.05, 0) is 56.7 Å². The standard InChI is InChI=1S/C14H20FN/c1-11-6-7-12(10-16-11)8-9-13-4-2-3-5-14(13)15/h2-5,11-12,16H,6-10H2,1H3. The molecule has 0 bridgehead atoms. The third kappa shape index (κ3) is 3.05. The smallest absolute Gasteiger partial charge is 0.126 e. The maximum absolute atomic E-state index is 13.4. The van der Waals surface area contributed by atoms with Crippen LogP contribution in [0.2, 0.25) is 0 Å². The Balaban J connectivity index is 1.81. The number of hydrogen-bond donors (Lipinski definition) is 1. The molecule has 0 amide bonds. The van der Waals surface area contributed by atoms with E-state index in [1.54, 1.807) is 12.1 Å². The van der Waals surface area contributed by atoms with Crippen LogP contribution in [-0.4, -0.2) is 12.6 Å². The van der Waals surface area contributed by atoms with Gasteiger partial charge in [-0.2, -0.15) is 0 Å². The second-order valence-corrected chi connectivity index (χ2v) is 4.88. The Hall–Kier alpha value is -0.890. The lowest BCUT2D eigenvalue weighted by atomic mass is 9.90. The summed E-state index contributed by atoms with van der Waals surface area (Å²) in [5, 5.41) is 3.49. The first-order valence-corrected chi connectivity index (χ1v) is 6.22. The highest BCUT2D eigenvalue weighted by Gasteiger charge is 2.17. The largest absolute Gasteiger partial charge is 0.314 e. The van der Waals surface area contributed by atoms with E-state index in [9.17, 15) is 4.39 Å². The van der Waals surface area contributed by atoms with E-state index in [1.165, 1.54) is 12.8 Å². The van der Waals surface area contributed by atoms with Crippen LogP contribution in [-0.2, 0) is 6.42 Å². The summed E-state index contributed by atoms with van der Waals surface area (Å²) in [5.41, 5.74) is 0.862. The SMILES string of the molecule is CC1CCC(CCc2ccccc2F)CN1. The lowest BCUT2D eigenvalue weighted by Gasteiger charge is -2.27. The summed E-state index contributed by atoms with van der Waals surface area (Å²) in [5.74, 6) is 0.662. The van der Waals surface area contributed by atoms with Gasteiger partial charge in [0.2, 0.25) is 0 Å². The summed E-state index contributed by atoms with van der Waals surface area (Å²) in [6, 6.07) is 7.78. The maximum Gasteiger partial charge on any atom is 0.126 e. The fourth-order valence-electron chi connectivity index (χ4n) is 2.36. The first-order valence-electron chi connectivity index (χ1n) is 6.22. The zero-order valence-electron chi connectivity index (χ0n) is 9.88. The second kappa shape index (κ2) is 5.44. The molecule has 1 aromatic rings. The molecule has 0 radical (unpaired) electrons. The summed E-state index contributed by atoms with van der Waals surface area (Å²) < 4.78 is 13.4. The fourth-order valence-corrected chi connectivity index (χ4v) is 2.36. The number of rotatable bonds is 3. The van der Waals surface area contributed by atoms with Crippen LogP contribution in [0.4, 0.5) is 4.39 Å². The average molecular weight is 221 g/mol. The van der Waals surface area contributed by atoms with E-state index in [2.05, 4.69) is 12.2 Å². The molecule has 1 heterocycles. The minimum absolute atomic E-state index is 0.0559. The highest BCUT2D eigenvalue weighted by atomic mass is 19.1. The Morgan fingerprint density at radius 2 is 2.12 bits per heavy atom. The van der Waals surface area contributed by atoms with E-state index in [4.69, 9.17) is 0 Å². The van der Waals surface area contributed by atoms with Gasteiger partial charge in [0.15, 0.2) is 0 Å². The van der Waals surface area contributed by atoms with Crippen LogP contribution in [0.5, 0.6) is 0 Å². The summed E-state index contributed by atoms with van der Waals surface area (Å²) in [6.45, 7) is 3.32. The lowest BCUT2D eigenvalue weighted by molar-refractivity contribution is 0.308. The second-order valence-electron chi connectivity index (χ2n) is 4.88. The minimum Gasteiger partial charge on any atom is -0.314 e. The van der Waals surface area contributed by atoms with E-state index in [0.29, 0.717) is 6.04 Å². The molecule has 1 aromatic carbocycles. The van der Waals surface area contributed by atoms with Gasteiger partial charge in [-0.1, -0.05) is 18.2 Å². The molecule has 1 aliphatic rings. The van der Waals surface area contributed by atoms with E-state index in [-0.39, 0.29) is 5.82 Å². The predicted molar refractivity (Wildman–Crippen MR) is 64.9 cm³/mol. The quantitative estimate of drug-likeness (QED) is 0.826. The van der Waals surface area contributed by atoms with Crippen LogP contribution < -0.4 is 5.32 Å². The van der Waals surface area contributed by atoms with Crippen LogP contribution in [0.3, 0.4) is 0 Å². The molecular weight excluding hydrogens is 201 g/mol. The molecule has 2 rings (SSSR count). The van der Waals surface area contributed by atoms with Crippen LogP contribution in [0, 0.1) is 11.7 Å². The van der Waals surface area contributed by atoms with Crippen molar-refractivity contribution in [1.82, 2.24) is 5.32 Å². The van der Waals surface area contributed by atoms with Gasteiger partial charge in [0.05, 0.1) is 0 Å². The van der Waals surface area contributed by atoms with Crippen molar-refractivity contribution < 1.29 is 4.39 Å². The lowest BCUT2D eigenvalue weighted by Crippen LogP contribution is -2.36. The van der Waals surface area contributed by atoms with Crippen molar-refractivity contribution >= 4 is 0 Å². The number of aryl methyl sites for hydroxylation is 1. The van der Waals surface area contributed by atoms with Gasteiger partial charge in [-0.3, -0.25) is 0 Å². The van der Waals surface area contributed by atoms with Gasteiger partial charge >= 0.3 is 0 Å². The molecule has 0 spiro atoms. The molecule has 0 aliphatic carbocycles. The Labute approximate surface area is 97.1 Å². The van der Waals surface area contributed by atoms with E-state index in [0.717, 1.165) is 30.9 Å². The van der Waals surface area contributed by atoms with Crippen molar-refractivity contribution in [3.63, 3.8) is 0 Å². The Kier molecular flexibility index (Phi) is 3.94. The monoisotopic (exact) mass is 221 g/mol. The number of halogens is 1. The normalized spacial score (nSPS) is 25.6. The molecule has 2 atom stereocenters. The van der Waals surface area contributed by atoms with Crippen molar-refractivity contribution in [3.05, 3.63) is 35.6 Å². The van der Waals surface area contributed by atoms with Crippen LogP contribution >= 0.6 is 0 Å². The van der Waals surface area contributed by atoms with Crippen molar-refractivity contribution in [2.24, 2.45) is 5.92 Å². The van der Waals surface area contributed by atoms with Gasteiger partial charge in [0, 0.05) is 6.04 Å². The molecule has 1 nitrogen and oxygen atoms in total. The first kappa shape index (κ1) is 11.6. The molecule has 16 heavy (non-hydrogen) atoms. The third-order valence-corrected chi connectivity index (χ3v) is 3.54. The van der Waals surface area contributed by atoms with Crippen LogP contribution in [0.1, 0.15) is 31.7 Å². The summed E-state index contributed by atoms with van der Waals surface area (Å²) >= 11 is 0. The number of piperidine rings is 1. The Bertz CT molecular complexity index is 329. The molecule has 2 heteroatoms. The van der Waals surface area contributed by atoms with Crippen molar-refractivity contribution in [3.8, 4) is 0 Å². The van der Waals surface area contributed by atoms with Gasteiger partial charge in [-0.15, -0.1) is 0 Å². The average Bonchev–Trinajstić information content (AvgIpc) is 2.30. The predicted octanol–water partition coefficient (Wildman–Crippen LogP) is 3.15. The maximum atomic E-state index is 13.4. The van der Waals surface area contributed by atoms with Gasteiger partial charge in [0.1, 0.15) is 5.82 Å². The Morgan fingerprint density at radius 1 is 1.31 bits per heavy atom. The van der Waals surface area contributed by atoms with Crippen LogP contribution in [0.15, 0.2) is 24.3 Å². The van der Waals surface area contributed by atoms with Gasteiger partial charge in [-0.25, -0.2) is 4.39 Å². The topological polar surface area (TPSA) is 12.0 Å². The summed E-state index contributed by atoms with van der Waals surface area (Å²) in [4.78, 5) is 0. The molecule has 88 valence electrons. The highest BCUT2D eigenvalue weighted by molar-refractivity contribution is 5.17. The summed E-state index contributed by atoms with van der Waals surface area (Å²) in [7, 11) is 0. The van der Waals surface area contributed by atoms with Crippen molar-refractivity contribution in [2.75, 3.05) is 6.54 Å². The van der Waals surface area contributed by atoms with Crippen molar-refractivity contribution in [1.29, 1.82) is 0 Å². The van der Waals surface area contributed by atoms with Gasteiger partial charge < -0.3 is 5.32 Å². The number of benzene rings is 1. The summed E-state index contributed by atoms with van der Waals surface area (Å²) in [6.07, 6.45) is 4.50. The van der Waals surface area contributed by atoms with E-state index < -0.39 is 0 Å².